The quantitative estimate of drug-likeness (QED) is 0.416. The fourth-order valence-electron chi connectivity index (χ4n) is 3.44. The van der Waals surface area contributed by atoms with Crippen LogP contribution in [0, 0.1) is 12.3 Å². The van der Waals surface area contributed by atoms with Crippen LogP contribution in [0.15, 0.2) is 62.8 Å². The molecule has 4 rings (SSSR count). The summed E-state index contributed by atoms with van der Waals surface area (Å²) >= 11 is 2.78. The fraction of sp³-hybridized carbons (Fsp3) is 0.208. The Morgan fingerprint density at radius 3 is 2.75 bits per heavy atom. The maximum atomic E-state index is 13.4. The van der Waals surface area contributed by atoms with Gasteiger partial charge < -0.3 is 9.47 Å². The molecule has 2 aromatic heterocycles. The van der Waals surface area contributed by atoms with Crippen LogP contribution >= 0.6 is 22.7 Å². The van der Waals surface area contributed by atoms with Crippen LogP contribution in [0.3, 0.4) is 0 Å². The van der Waals surface area contributed by atoms with Crippen LogP contribution in [-0.4, -0.2) is 23.8 Å². The van der Waals surface area contributed by atoms with Crippen molar-refractivity contribution in [2.75, 3.05) is 13.2 Å². The second-order valence-electron chi connectivity index (χ2n) is 6.88. The molecule has 162 valence electrons. The molecule has 1 aromatic carbocycles. The number of hydrogen-bond acceptors (Lipinski definition) is 7. The monoisotopic (exact) mass is 464 g/mol. The van der Waals surface area contributed by atoms with Gasteiger partial charge in [0.25, 0.3) is 5.56 Å². The molecule has 0 spiro atoms. The van der Waals surface area contributed by atoms with Crippen LogP contribution in [0.4, 0.5) is 0 Å². The summed E-state index contributed by atoms with van der Waals surface area (Å²) in [5.74, 6) is 2.63. The highest BCUT2D eigenvalue weighted by atomic mass is 32.1. The van der Waals surface area contributed by atoms with Crippen molar-refractivity contribution in [3.63, 3.8) is 0 Å². The first-order chi connectivity index (χ1) is 15.5. The number of nitrogens with zero attached hydrogens (tertiary/aromatic N) is 2. The minimum Gasteiger partial charge on any atom is -0.481 e. The number of carbonyl (C=O) groups is 1. The highest BCUT2D eigenvalue weighted by Gasteiger charge is 2.33. The molecule has 0 N–H and O–H groups in total. The molecule has 0 saturated heterocycles. The average molecular weight is 465 g/mol. The number of aromatic nitrogens is 1. The number of thiophene rings is 1. The number of allylic oxidation sites excluding steroid dienone is 1. The number of hydrogen-bond donors (Lipinski definition) is 0. The molecule has 1 aliphatic heterocycles. The Bertz CT molecular complexity index is 1390. The van der Waals surface area contributed by atoms with E-state index in [0.717, 1.165) is 10.4 Å². The Balaban J connectivity index is 1.82. The highest BCUT2D eigenvalue weighted by molar-refractivity contribution is 7.10. The zero-order chi connectivity index (χ0) is 22.7. The molecule has 0 aliphatic carbocycles. The molecule has 0 radical (unpaired) electrons. The predicted octanol–water partition coefficient (Wildman–Crippen LogP) is 2.87. The summed E-state index contributed by atoms with van der Waals surface area (Å²) in [6, 6.07) is 10.6. The van der Waals surface area contributed by atoms with E-state index >= 15 is 0 Å². The van der Waals surface area contributed by atoms with E-state index in [4.69, 9.17) is 15.9 Å². The van der Waals surface area contributed by atoms with Gasteiger partial charge in [-0.15, -0.1) is 17.8 Å². The molecule has 0 fully saturated rings. The summed E-state index contributed by atoms with van der Waals surface area (Å²) < 4.78 is 12.8. The van der Waals surface area contributed by atoms with Crippen molar-refractivity contribution in [3.8, 4) is 18.1 Å². The number of carbonyl (C=O) groups excluding carboxylic acids is 1. The van der Waals surface area contributed by atoms with Gasteiger partial charge in [0.15, 0.2) is 4.80 Å². The van der Waals surface area contributed by atoms with Gasteiger partial charge in [0, 0.05) is 4.88 Å². The third-order valence-corrected chi connectivity index (χ3v) is 6.74. The van der Waals surface area contributed by atoms with Crippen molar-refractivity contribution < 1.29 is 14.3 Å². The van der Waals surface area contributed by atoms with Crippen molar-refractivity contribution in [1.29, 1.82) is 0 Å². The minimum absolute atomic E-state index is 0.197. The molecule has 0 saturated carbocycles. The topological polar surface area (TPSA) is 69.9 Å². The van der Waals surface area contributed by atoms with Gasteiger partial charge in [-0.25, -0.2) is 9.79 Å². The Labute approximate surface area is 192 Å². The maximum absolute atomic E-state index is 13.4. The lowest BCUT2D eigenvalue weighted by molar-refractivity contribution is -0.139. The minimum atomic E-state index is -0.563. The molecule has 1 unspecified atom stereocenters. The van der Waals surface area contributed by atoms with Gasteiger partial charge in [0.05, 0.1) is 22.4 Å². The number of fused-ring (bicyclic) bond motifs is 1. The Kier molecular flexibility index (Phi) is 6.40. The van der Waals surface area contributed by atoms with Gasteiger partial charge >= 0.3 is 5.97 Å². The second kappa shape index (κ2) is 9.39. The number of thiazole rings is 1. The Hall–Kier alpha value is -3.41. The van der Waals surface area contributed by atoms with Crippen molar-refractivity contribution in [1.82, 2.24) is 4.57 Å². The molecular formula is C24H20N2O4S2. The zero-order valence-corrected chi connectivity index (χ0v) is 19.2. The first-order valence-corrected chi connectivity index (χ1v) is 11.6. The Morgan fingerprint density at radius 2 is 2.09 bits per heavy atom. The largest absolute Gasteiger partial charge is 0.481 e. The normalized spacial score (nSPS) is 15.7. The lowest BCUT2D eigenvalue weighted by Gasteiger charge is -2.23. The second-order valence-corrected chi connectivity index (χ2v) is 8.87. The lowest BCUT2D eigenvalue weighted by Crippen LogP contribution is -2.39. The summed E-state index contributed by atoms with van der Waals surface area (Å²) in [6.07, 6.45) is 7.03. The van der Waals surface area contributed by atoms with E-state index in [-0.39, 0.29) is 18.8 Å². The van der Waals surface area contributed by atoms with E-state index < -0.39 is 12.0 Å². The van der Waals surface area contributed by atoms with Crippen LogP contribution in [0.5, 0.6) is 5.75 Å². The summed E-state index contributed by atoms with van der Waals surface area (Å²) in [5, 5.41) is 1.92. The van der Waals surface area contributed by atoms with Crippen molar-refractivity contribution in [2.45, 2.75) is 19.9 Å². The van der Waals surface area contributed by atoms with E-state index in [9.17, 15) is 9.59 Å². The fourth-order valence-corrected chi connectivity index (χ4v) is 5.31. The van der Waals surface area contributed by atoms with E-state index in [1.54, 1.807) is 30.5 Å². The van der Waals surface area contributed by atoms with Gasteiger partial charge in [0.2, 0.25) is 0 Å². The standard InChI is InChI=1S/C24H20N2O4S2/c1-4-12-30-17-10-8-16(9-11-17)14-19-22(27)26-21(18-7-6-13-31-18)20(23(28)29-5-2)15(3)25-24(26)32-19/h1,6-11,13-14,21H,5,12H2,2-3H3/b19-14+. The third-order valence-electron chi connectivity index (χ3n) is 4.83. The van der Waals surface area contributed by atoms with Crippen LogP contribution in [0.2, 0.25) is 0 Å². The first-order valence-electron chi connectivity index (χ1n) is 9.93. The summed E-state index contributed by atoms with van der Waals surface area (Å²) in [5.41, 5.74) is 1.60. The summed E-state index contributed by atoms with van der Waals surface area (Å²) in [6.45, 7) is 3.98. The molecule has 8 heteroatoms. The number of ether oxygens (including phenoxy) is 2. The zero-order valence-electron chi connectivity index (χ0n) is 17.5. The molecule has 6 nitrogen and oxygen atoms in total. The molecule has 0 amide bonds. The molecule has 0 bridgehead atoms. The molecule has 32 heavy (non-hydrogen) atoms. The third kappa shape index (κ3) is 4.17. The van der Waals surface area contributed by atoms with Crippen molar-refractivity contribution >= 4 is 34.7 Å². The molecule has 1 atom stereocenters. The van der Waals surface area contributed by atoms with Gasteiger partial charge in [0.1, 0.15) is 18.4 Å². The van der Waals surface area contributed by atoms with E-state index in [1.165, 1.54) is 22.7 Å². The molecular weight excluding hydrogens is 444 g/mol. The molecule has 1 aliphatic rings. The van der Waals surface area contributed by atoms with E-state index in [1.807, 2.05) is 35.7 Å². The molecule has 3 aromatic rings. The maximum Gasteiger partial charge on any atom is 0.338 e. The van der Waals surface area contributed by atoms with Gasteiger partial charge in [-0.1, -0.05) is 35.5 Å². The number of benzene rings is 1. The van der Waals surface area contributed by atoms with E-state index in [0.29, 0.717) is 26.4 Å². The van der Waals surface area contributed by atoms with Crippen molar-refractivity contribution in [3.05, 3.63) is 83.2 Å². The summed E-state index contributed by atoms with van der Waals surface area (Å²) in [4.78, 5) is 32.2. The van der Waals surface area contributed by atoms with Crippen LogP contribution < -0.4 is 19.6 Å². The average Bonchev–Trinajstić information content (AvgIpc) is 3.41. The predicted molar refractivity (Wildman–Crippen MR) is 125 cm³/mol. The van der Waals surface area contributed by atoms with Gasteiger partial charge in [-0.3, -0.25) is 9.36 Å². The van der Waals surface area contributed by atoms with Crippen LogP contribution in [0.1, 0.15) is 30.3 Å². The highest BCUT2D eigenvalue weighted by Crippen LogP contribution is 2.33. The number of esters is 1. The Morgan fingerprint density at radius 1 is 1.31 bits per heavy atom. The SMILES string of the molecule is C#CCOc1ccc(/C=c2/sc3n(c2=O)C(c2cccs2)C(C(=O)OCC)=C(C)N=3)cc1. The number of rotatable bonds is 6. The molecule has 3 heterocycles. The number of terminal acetylenes is 1. The van der Waals surface area contributed by atoms with Crippen LogP contribution in [-0.2, 0) is 9.53 Å². The lowest BCUT2D eigenvalue weighted by atomic mass is 10.0. The summed E-state index contributed by atoms with van der Waals surface area (Å²) in [7, 11) is 0. The van der Waals surface area contributed by atoms with E-state index in [2.05, 4.69) is 10.9 Å². The van der Waals surface area contributed by atoms with Gasteiger partial charge in [-0.2, -0.15) is 0 Å². The van der Waals surface area contributed by atoms with Crippen molar-refractivity contribution in [2.24, 2.45) is 4.99 Å². The van der Waals surface area contributed by atoms with Gasteiger partial charge in [-0.05, 0) is 49.1 Å². The van der Waals surface area contributed by atoms with Crippen LogP contribution in [0.25, 0.3) is 6.08 Å². The first kappa shape index (κ1) is 21.8. The smallest absolute Gasteiger partial charge is 0.338 e.